The second-order valence-electron chi connectivity index (χ2n) is 6.90. The third-order valence-electron chi connectivity index (χ3n) is 4.69. The molecular weight excluding hydrogens is 433 g/mol. The van der Waals surface area contributed by atoms with Gasteiger partial charge in [0.1, 0.15) is 0 Å². The van der Waals surface area contributed by atoms with Crippen LogP contribution in [-0.2, 0) is 19.0 Å². The highest BCUT2D eigenvalue weighted by molar-refractivity contribution is 6.31. The molecule has 10 heteroatoms. The summed E-state index contributed by atoms with van der Waals surface area (Å²) in [4.78, 5) is 19.4. The van der Waals surface area contributed by atoms with Gasteiger partial charge >= 0.3 is 6.18 Å². The van der Waals surface area contributed by atoms with Crippen molar-refractivity contribution >= 4 is 28.4 Å². The Kier molecular flexibility index (Phi) is 5.69. The molecule has 0 atom stereocenters. The van der Waals surface area contributed by atoms with Crippen LogP contribution in [0.5, 0.6) is 0 Å². The number of fused-ring (bicyclic) bond motifs is 1. The van der Waals surface area contributed by atoms with E-state index in [4.69, 9.17) is 16.1 Å². The number of aromatic nitrogens is 3. The SMILES string of the molecule is O=C(NCCc1c[nH]c2ccc(Cl)cc12)c1noc(Cc2cccc(C(F)(F)F)c2)n1. The van der Waals surface area contributed by atoms with E-state index < -0.39 is 17.6 Å². The van der Waals surface area contributed by atoms with Crippen LogP contribution in [0.25, 0.3) is 10.9 Å². The lowest BCUT2D eigenvalue weighted by molar-refractivity contribution is -0.137. The van der Waals surface area contributed by atoms with Gasteiger partial charge in [-0.05, 0) is 41.8 Å². The van der Waals surface area contributed by atoms with Crippen molar-refractivity contribution in [2.45, 2.75) is 19.0 Å². The van der Waals surface area contributed by atoms with Crippen molar-refractivity contribution in [1.82, 2.24) is 20.4 Å². The summed E-state index contributed by atoms with van der Waals surface area (Å²) in [5, 5.41) is 7.92. The zero-order valence-electron chi connectivity index (χ0n) is 16.0. The van der Waals surface area contributed by atoms with Gasteiger partial charge in [-0.2, -0.15) is 18.2 Å². The first-order valence-electron chi connectivity index (χ1n) is 9.32. The smallest absolute Gasteiger partial charge is 0.361 e. The van der Waals surface area contributed by atoms with Gasteiger partial charge in [0.2, 0.25) is 5.89 Å². The summed E-state index contributed by atoms with van der Waals surface area (Å²) in [6.07, 6.45) is -2.04. The topological polar surface area (TPSA) is 83.8 Å². The van der Waals surface area contributed by atoms with E-state index in [0.29, 0.717) is 23.6 Å². The molecule has 0 saturated heterocycles. The van der Waals surface area contributed by atoms with Crippen LogP contribution in [0, 0.1) is 0 Å². The number of halogens is 4. The summed E-state index contributed by atoms with van der Waals surface area (Å²) in [5.41, 5.74) is 1.53. The van der Waals surface area contributed by atoms with Crippen molar-refractivity contribution < 1.29 is 22.5 Å². The van der Waals surface area contributed by atoms with Crippen molar-refractivity contribution in [2.75, 3.05) is 6.54 Å². The maximum Gasteiger partial charge on any atom is 0.416 e. The quantitative estimate of drug-likeness (QED) is 0.444. The Bertz CT molecular complexity index is 1230. The Labute approximate surface area is 179 Å². The number of rotatable bonds is 6. The van der Waals surface area contributed by atoms with Gasteiger partial charge in [-0.3, -0.25) is 4.79 Å². The predicted octanol–water partition coefficient (Wildman–Crippen LogP) is 4.79. The molecule has 0 unspecified atom stereocenters. The molecule has 0 fully saturated rings. The Morgan fingerprint density at radius 2 is 2.03 bits per heavy atom. The summed E-state index contributed by atoms with van der Waals surface area (Å²) in [6, 6.07) is 10.3. The maximum atomic E-state index is 12.8. The van der Waals surface area contributed by atoms with E-state index in [0.717, 1.165) is 28.6 Å². The van der Waals surface area contributed by atoms with Crippen LogP contribution < -0.4 is 5.32 Å². The molecule has 0 aliphatic carbocycles. The molecule has 4 aromatic rings. The number of alkyl halides is 3. The average molecular weight is 449 g/mol. The van der Waals surface area contributed by atoms with E-state index in [2.05, 4.69) is 20.4 Å². The first-order chi connectivity index (χ1) is 14.8. The number of carbonyl (C=O) groups is 1. The van der Waals surface area contributed by atoms with Crippen molar-refractivity contribution in [3.8, 4) is 0 Å². The summed E-state index contributed by atoms with van der Waals surface area (Å²) in [6.45, 7) is 0.329. The van der Waals surface area contributed by atoms with Crippen LogP contribution in [0.4, 0.5) is 13.2 Å². The summed E-state index contributed by atoms with van der Waals surface area (Å²) >= 11 is 6.04. The van der Waals surface area contributed by atoms with E-state index in [1.807, 2.05) is 18.3 Å². The minimum Gasteiger partial charge on any atom is -0.361 e. The highest BCUT2D eigenvalue weighted by Crippen LogP contribution is 2.30. The first kappa shape index (κ1) is 20.9. The molecule has 0 saturated carbocycles. The van der Waals surface area contributed by atoms with Gasteiger partial charge in [-0.25, -0.2) is 0 Å². The van der Waals surface area contributed by atoms with Crippen LogP contribution in [0.2, 0.25) is 5.02 Å². The number of H-pyrrole nitrogens is 1. The molecule has 0 bridgehead atoms. The van der Waals surface area contributed by atoms with Crippen molar-refractivity contribution in [1.29, 1.82) is 0 Å². The minimum atomic E-state index is -4.44. The molecule has 2 aromatic carbocycles. The molecule has 1 amide bonds. The molecule has 0 spiro atoms. The largest absolute Gasteiger partial charge is 0.416 e. The lowest BCUT2D eigenvalue weighted by Gasteiger charge is -2.07. The molecule has 0 radical (unpaired) electrons. The van der Waals surface area contributed by atoms with Gasteiger partial charge in [0.25, 0.3) is 11.7 Å². The Morgan fingerprint density at radius 3 is 2.84 bits per heavy atom. The fraction of sp³-hybridized carbons (Fsp3) is 0.190. The molecule has 2 aromatic heterocycles. The van der Waals surface area contributed by atoms with Crippen molar-refractivity contribution in [3.05, 3.63) is 82.1 Å². The molecule has 2 N–H and O–H groups in total. The number of hydrogen-bond acceptors (Lipinski definition) is 4. The monoisotopic (exact) mass is 448 g/mol. The number of nitrogens with zero attached hydrogens (tertiary/aromatic N) is 2. The number of aromatic amines is 1. The molecule has 0 aliphatic heterocycles. The number of nitrogens with one attached hydrogen (secondary N) is 2. The zero-order chi connectivity index (χ0) is 22.0. The molecule has 31 heavy (non-hydrogen) atoms. The van der Waals surface area contributed by atoms with E-state index in [1.165, 1.54) is 12.1 Å². The molecule has 2 heterocycles. The second-order valence-corrected chi connectivity index (χ2v) is 7.33. The predicted molar refractivity (Wildman–Crippen MR) is 108 cm³/mol. The average Bonchev–Trinajstić information content (AvgIpc) is 3.35. The third-order valence-corrected chi connectivity index (χ3v) is 4.93. The highest BCUT2D eigenvalue weighted by atomic mass is 35.5. The minimum absolute atomic E-state index is 0.0136. The zero-order valence-corrected chi connectivity index (χ0v) is 16.7. The highest BCUT2D eigenvalue weighted by Gasteiger charge is 2.30. The fourth-order valence-electron chi connectivity index (χ4n) is 3.20. The fourth-order valence-corrected chi connectivity index (χ4v) is 3.37. The van der Waals surface area contributed by atoms with Gasteiger partial charge in [-0.15, -0.1) is 0 Å². The Hall–Kier alpha value is -3.33. The molecular formula is C21H16ClF3N4O2. The molecule has 0 aliphatic rings. The summed E-state index contributed by atoms with van der Waals surface area (Å²) in [7, 11) is 0. The lowest BCUT2D eigenvalue weighted by Crippen LogP contribution is -2.26. The number of carbonyl (C=O) groups excluding carboxylic acids is 1. The van der Waals surface area contributed by atoms with E-state index in [1.54, 1.807) is 6.07 Å². The molecule has 4 rings (SSSR count). The van der Waals surface area contributed by atoms with Crippen LogP contribution in [0.1, 0.15) is 33.2 Å². The van der Waals surface area contributed by atoms with Gasteiger partial charge < -0.3 is 14.8 Å². The number of hydrogen-bond donors (Lipinski definition) is 2. The van der Waals surface area contributed by atoms with Gasteiger partial charge in [-0.1, -0.05) is 35.0 Å². The molecule has 160 valence electrons. The summed E-state index contributed by atoms with van der Waals surface area (Å²) < 4.78 is 43.5. The van der Waals surface area contributed by atoms with Gasteiger partial charge in [0.05, 0.1) is 12.0 Å². The number of benzene rings is 2. The maximum absolute atomic E-state index is 12.8. The standard InChI is InChI=1S/C21H16ClF3N4O2/c22-15-4-5-17-16(10-15)13(11-27-17)6-7-26-20(30)19-28-18(31-29-19)9-12-2-1-3-14(8-12)21(23,24)25/h1-5,8,10-11,27H,6-7,9H2,(H,26,30). The number of amides is 1. The van der Waals surface area contributed by atoms with Crippen molar-refractivity contribution in [2.24, 2.45) is 0 Å². The van der Waals surface area contributed by atoms with Crippen LogP contribution in [0.15, 0.2) is 53.2 Å². The van der Waals surface area contributed by atoms with Gasteiger partial charge in [0.15, 0.2) is 0 Å². The van der Waals surface area contributed by atoms with E-state index in [9.17, 15) is 18.0 Å². The van der Waals surface area contributed by atoms with E-state index >= 15 is 0 Å². The van der Waals surface area contributed by atoms with Crippen molar-refractivity contribution in [3.63, 3.8) is 0 Å². The van der Waals surface area contributed by atoms with Crippen LogP contribution in [-0.4, -0.2) is 27.6 Å². The lowest BCUT2D eigenvalue weighted by atomic mass is 10.1. The Morgan fingerprint density at radius 1 is 1.19 bits per heavy atom. The summed E-state index contributed by atoms with van der Waals surface area (Å²) in [5.74, 6) is -0.656. The van der Waals surface area contributed by atoms with Gasteiger partial charge in [0, 0.05) is 28.7 Å². The Balaban J connectivity index is 1.35. The second kappa shape index (κ2) is 8.43. The van der Waals surface area contributed by atoms with Crippen LogP contribution >= 0.6 is 11.6 Å². The van der Waals surface area contributed by atoms with Crippen LogP contribution in [0.3, 0.4) is 0 Å². The third kappa shape index (κ3) is 4.88. The molecule has 6 nitrogen and oxygen atoms in total. The first-order valence-corrected chi connectivity index (χ1v) is 9.70. The van der Waals surface area contributed by atoms with E-state index in [-0.39, 0.29) is 18.1 Å². The normalized spacial score (nSPS) is 11.7.